The number of hydrogen-bond donors (Lipinski definition) is 0. The van der Waals surface area contributed by atoms with Crippen molar-refractivity contribution < 1.29 is 0 Å². The van der Waals surface area contributed by atoms with Crippen molar-refractivity contribution in [2.75, 3.05) is 0 Å². The standard InChI is InChI=1S/C16H26/c1-12(2)14-13(3)10-8-9-11-16(14,7)15(4,5)6/h8-12H,1-7H3. The van der Waals surface area contributed by atoms with Crippen LogP contribution < -0.4 is 0 Å². The van der Waals surface area contributed by atoms with E-state index in [0.29, 0.717) is 5.92 Å². The van der Waals surface area contributed by atoms with Crippen LogP contribution in [0, 0.1) is 16.7 Å². The molecule has 0 heteroatoms. The van der Waals surface area contributed by atoms with E-state index in [2.05, 4.69) is 72.8 Å². The minimum absolute atomic E-state index is 0.148. The molecule has 0 spiro atoms. The van der Waals surface area contributed by atoms with Gasteiger partial charge in [-0.2, -0.15) is 0 Å². The van der Waals surface area contributed by atoms with Crippen LogP contribution in [-0.2, 0) is 0 Å². The summed E-state index contributed by atoms with van der Waals surface area (Å²) in [6, 6.07) is 0. The van der Waals surface area contributed by atoms with Crippen LogP contribution in [0.3, 0.4) is 0 Å². The Morgan fingerprint density at radius 1 is 1.12 bits per heavy atom. The molecular formula is C16H26. The van der Waals surface area contributed by atoms with Crippen molar-refractivity contribution >= 4 is 0 Å². The van der Waals surface area contributed by atoms with Crippen LogP contribution in [0.25, 0.3) is 0 Å². The van der Waals surface area contributed by atoms with Gasteiger partial charge in [-0.3, -0.25) is 0 Å². The highest BCUT2D eigenvalue weighted by Crippen LogP contribution is 2.50. The second-order valence-electron chi connectivity index (χ2n) is 6.42. The van der Waals surface area contributed by atoms with E-state index < -0.39 is 0 Å². The first-order chi connectivity index (χ1) is 7.20. The van der Waals surface area contributed by atoms with Crippen LogP contribution >= 0.6 is 0 Å². The molecule has 0 bridgehead atoms. The number of rotatable bonds is 1. The third kappa shape index (κ3) is 2.16. The Bertz CT molecular complexity index is 345. The molecule has 0 amide bonds. The van der Waals surface area contributed by atoms with Gasteiger partial charge in [0.15, 0.2) is 0 Å². The summed E-state index contributed by atoms with van der Waals surface area (Å²) >= 11 is 0. The smallest absolute Gasteiger partial charge is 0.0122 e. The van der Waals surface area contributed by atoms with E-state index >= 15 is 0 Å². The molecule has 1 aliphatic carbocycles. The van der Waals surface area contributed by atoms with Gasteiger partial charge < -0.3 is 0 Å². The van der Waals surface area contributed by atoms with Gasteiger partial charge in [-0.05, 0) is 18.3 Å². The van der Waals surface area contributed by atoms with E-state index in [1.54, 1.807) is 5.57 Å². The summed E-state index contributed by atoms with van der Waals surface area (Å²) in [6.45, 7) is 16.2. The topological polar surface area (TPSA) is 0 Å². The van der Waals surface area contributed by atoms with E-state index in [9.17, 15) is 0 Å². The summed E-state index contributed by atoms with van der Waals surface area (Å²) in [5, 5.41) is 0. The minimum Gasteiger partial charge on any atom is -0.0740 e. The maximum absolute atomic E-state index is 2.37. The van der Waals surface area contributed by atoms with Crippen molar-refractivity contribution in [2.24, 2.45) is 16.7 Å². The fourth-order valence-electron chi connectivity index (χ4n) is 2.75. The van der Waals surface area contributed by atoms with E-state index in [4.69, 9.17) is 0 Å². The Hall–Kier alpha value is -0.780. The summed E-state index contributed by atoms with van der Waals surface area (Å²) in [7, 11) is 0. The van der Waals surface area contributed by atoms with E-state index in [-0.39, 0.29) is 10.8 Å². The van der Waals surface area contributed by atoms with Crippen LogP contribution in [0.4, 0.5) is 0 Å². The van der Waals surface area contributed by atoms with Crippen molar-refractivity contribution in [3.8, 4) is 0 Å². The zero-order chi connectivity index (χ0) is 12.6. The molecule has 0 aliphatic heterocycles. The Morgan fingerprint density at radius 2 is 1.69 bits per heavy atom. The molecular weight excluding hydrogens is 192 g/mol. The second kappa shape index (κ2) is 4.24. The molecule has 1 aliphatic rings. The van der Waals surface area contributed by atoms with Crippen LogP contribution in [0.15, 0.2) is 35.5 Å². The molecule has 16 heavy (non-hydrogen) atoms. The molecule has 0 fully saturated rings. The molecule has 1 unspecified atom stereocenters. The lowest BCUT2D eigenvalue weighted by atomic mass is 9.60. The van der Waals surface area contributed by atoms with Gasteiger partial charge in [0.1, 0.15) is 0 Å². The average Bonchev–Trinajstić information content (AvgIpc) is 2.23. The normalized spacial score (nSPS) is 26.5. The zero-order valence-electron chi connectivity index (χ0n) is 11.9. The van der Waals surface area contributed by atoms with Gasteiger partial charge in [0.05, 0.1) is 0 Å². The third-order valence-corrected chi connectivity index (χ3v) is 4.01. The molecule has 0 aromatic heterocycles. The lowest BCUT2D eigenvalue weighted by molar-refractivity contribution is 0.198. The summed E-state index contributed by atoms with van der Waals surface area (Å²) in [6.07, 6.45) is 8.97. The number of allylic oxidation sites excluding steroid dienone is 6. The fourth-order valence-corrected chi connectivity index (χ4v) is 2.75. The summed E-state index contributed by atoms with van der Waals surface area (Å²) < 4.78 is 0. The molecule has 0 aromatic rings. The lowest BCUT2D eigenvalue weighted by Gasteiger charge is -2.44. The van der Waals surface area contributed by atoms with Crippen molar-refractivity contribution in [3.05, 3.63) is 35.5 Å². The van der Waals surface area contributed by atoms with Gasteiger partial charge in [0.25, 0.3) is 0 Å². The number of hydrogen-bond acceptors (Lipinski definition) is 0. The molecule has 1 atom stereocenters. The van der Waals surface area contributed by atoms with Gasteiger partial charge >= 0.3 is 0 Å². The monoisotopic (exact) mass is 218 g/mol. The van der Waals surface area contributed by atoms with E-state index in [1.165, 1.54) is 5.57 Å². The molecule has 0 radical (unpaired) electrons. The predicted octanol–water partition coefficient (Wildman–Crippen LogP) is 5.14. The summed E-state index contributed by atoms with van der Waals surface area (Å²) in [5.74, 6) is 0.594. The third-order valence-electron chi connectivity index (χ3n) is 4.01. The molecule has 0 heterocycles. The highest BCUT2D eigenvalue weighted by Gasteiger charge is 2.40. The van der Waals surface area contributed by atoms with Crippen LogP contribution in [0.5, 0.6) is 0 Å². The van der Waals surface area contributed by atoms with Gasteiger partial charge in [-0.1, -0.05) is 77.0 Å². The first-order valence-electron chi connectivity index (χ1n) is 6.27. The van der Waals surface area contributed by atoms with Crippen molar-refractivity contribution in [1.29, 1.82) is 0 Å². The highest BCUT2D eigenvalue weighted by molar-refractivity contribution is 5.39. The molecule has 0 aromatic carbocycles. The van der Waals surface area contributed by atoms with Crippen molar-refractivity contribution in [2.45, 2.75) is 48.5 Å². The Balaban J connectivity index is 3.42. The first-order valence-corrected chi connectivity index (χ1v) is 6.27. The largest absolute Gasteiger partial charge is 0.0740 e. The van der Waals surface area contributed by atoms with Gasteiger partial charge in [-0.15, -0.1) is 0 Å². The molecule has 0 saturated carbocycles. The summed E-state index contributed by atoms with van der Waals surface area (Å²) in [4.78, 5) is 0. The Labute approximate surface area is 101 Å². The van der Waals surface area contributed by atoms with Gasteiger partial charge in [0.2, 0.25) is 0 Å². The second-order valence-corrected chi connectivity index (χ2v) is 6.42. The predicted molar refractivity (Wildman–Crippen MR) is 73.4 cm³/mol. The quantitative estimate of drug-likeness (QED) is 0.572. The molecule has 0 nitrogen and oxygen atoms in total. The van der Waals surface area contributed by atoms with Crippen LogP contribution in [-0.4, -0.2) is 0 Å². The average molecular weight is 218 g/mol. The summed E-state index contributed by atoms with van der Waals surface area (Å²) in [5.41, 5.74) is 3.40. The maximum Gasteiger partial charge on any atom is 0.0122 e. The van der Waals surface area contributed by atoms with E-state index in [0.717, 1.165) is 0 Å². The SMILES string of the molecule is CC1=C(C(C)C)C(C)(C(C)(C)C)C=CC=C1. The molecule has 1 rings (SSSR count). The van der Waals surface area contributed by atoms with Crippen LogP contribution in [0.2, 0.25) is 0 Å². The Kier molecular flexibility index (Phi) is 3.52. The molecule has 90 valence electrons. The van der Waals surface area contributed by atoms with Crippen molar-refractivity contribution in [1.82, 2.24) is 0 Å². The minimum atomic E-state index is 0.148. The van der Waals surface area contributed by atoms with Crippen LogP contribution in [0.1, 0.15) is 48.5 Å². The first kappa shape index (κ1) is 13.3. The fraction of sp³-hybridized carbons (Fsp3) is 0.625. The maximum atomic E-state index is 2.37. The molecule has 0 N–H and O–H groups in total. The Morgan fingerprint density at radius 3 is 2.12 bits per heavy atom. The zero-order valence-corrected chi connectivity index (χ0v) is 11.9. The van der Waals surface area contributed by atoms with Crippen molar-refractivity contribution in [3.63, 3.8) is 0 Å². The van der Waals surface area contributed by atoms with Gasteiger partial charge in [-0.25, -0.2) is 0 Å². The highest BCUT2D eigenvalue weighted by atomic mass is 14.4. The molecule has 0 saturated heterocycles. The lowest BCUT2D eigenvalue weighted by Crippen LogP contribution is -2.35. The van der Waals surface area contributed by atoms with E-state index in [1.807, 2.05) is 0 Å². The van der Waals surface area contributed by atoms with Gasteiger partial charge in [0, 0.05) is 5.41 Å².